The van der Waals surface area contributed by atoms with E-state index >= 15 is 0 Å². The van der Waals surface area contributed by atoms with Crippen molar-refractivity contribution in [2.24, 2.45) is 5.92 Å². The average Bonchev–Trinajstić information content (AvgIpc) is 2.77. The fourth-order valence-corrected chi connectivity index (χ4v) is 2.34. The molecule has 0 aliphatic heterocycles. The molecule has 1 aliphatic carbocycles. The number of aryl methyl sites for hydroxylation is 1. The molecule has 3 rings (SSSR count). The van der Waals surface area contributed by atoms with Crippen LogP contribution in [-0.4, -0.2) is 9.55 Å². The Kier molecular flexibility index (Phi) is 1.61. The van der Waals surface area contributed by atoms with Gasteiger partial charge in [-0.1, -0.05) is 19.1 Å². The van der Waals surface area contributed by atoms with E-state index in [0.29, 0.717) is 12.0 Å². The quantitative estimate of drug-likeness (QED) is 0.770. The van der Waals surface area contributed by atoms with E-state index in [1.165, 1.54) is 17.5 Å². The molecule has 3 nitrogen and oxygen atoms in total. The smallest absolute Gasteiger partial charge is 0.201 e. The lowest BCUT2D eigenvalue weighted by Crippen LogP contribution is -2.02. The summed E-state index contributed by atoms with van der Waals surface area (Å²) in [6.07, 6.45) is 1.23. The van der Waals surface area contributed by atoms with Crippen LogP contribution in [0.15, 0.2) is 18.2 Å². The molecule has 2 aromatic rings. The number of nitrogens with zero attached hydrogens (tertiary/aromatic N) is 2. The number of anilines is 1. The zero-order valence-electron chi connectivity index (χ0n) is 9.07. The topological polar surface area (TPSA) is 43.8 Å². The molecule has 15 heavy (non-hydrogen) atoms. The van der Waals surface area contributed by atoms with Gasteiger partial charge in [-0.05, 0) is 30.9 Å². The lowest BCUT2D eigenvalue weighted by Gasteiger charge is -2.06. The van der Waals surface area contributed by atoms with Crippen molar-refractivity contribution in [2.45, 2.75) is 26.3 Å². The summed E-state index contributed by atoms with van der Waals surface area (Å²) in [5.74, 6) is 1.40. The fraction of sp³-hybridized carbons (Fsp3) is 0.417. The summed E-state index contributed by atoms with van der Waals surface area (Å²) in [6, 6.07) is 6.75. The number of hydrogen-bond donors (Lipinski definition) is 1. The third-order valence-corrected chi connectivity index (χ3v) is 3.34. The Labute approximate surface area is 88.9 Å². The normalized spacial score (nSPS) is 24.7. The van der Waals surface area contributed by atoms with Crippen molar-refractivity contribution < 1.29 is 0 Å². The van der Waals surface area contributed by atoms with Crippen LogP contribution < -0.4 is 5.73 Å². The van der Waals surface area contributed by atoms with Gasteiger partial charge in [0.2, 0.25) is 5.95 Å². The Balaban J connectivity index is 2.31. The van der Waals surface area contributed by atoms with Crippen LogP contribution in [0.4, 0.5) is 5.95 Å². The van der Waals surface area contributed by atoms with Crippen molar-refractivity contribution in [3.05, 3.63) is 23.8 Å². The van der Waals surface area contributed by atoms with E-state index in [4.69, 9.17) is 5.73 Å². The molecule has 1 saturated carbocycles. The molecule has 0 saturated heterocycles. The minimum atomic E-state index is 0.566. The number of para-hydroxylation sites is 1. The lowest BCUT2D eigenvalue weighted by molar-refractivity contribution is 0.713. The van der Waals surface area contributed by atoms with Crippen LogP contribution in [-0.2, 0) is 0 Å². The van der Waals surface area contributed by atoms with Crippen molar-refractivity contribution in [1.82, 2.24) is 9.55 Å². The molecule has 2 atom stereocenters. The van der Waals surface area contributed by atoms with E-state index < -0.39 is 0 Å². The minimum Gasteiger partial charge on any atom is -0.369 e. The van der Waals surface area contributed by atoms with Crippen LogP contribution in [0.1, 0.15) is 24.9 Å². The van der Waals surface area contributed by atoms with Gasteiger partial charge in [-0.3, -0.25) is 0 Å². The monoisotopic (exact) mass is 201 g/mol. The van der Waals surface area contributed by atoms with Gasteiger partial charge in [0, 0.05) is 6.04 Å². The predicted octanol–water partition coefficient (Wildman–Crippen LogP) is 2.51. The third kappa shape index (κ3) is 1.16. The van der Waals surface area contributed by atoms with Crippen LogP contribution in [0.3, 0.4) is 0 Å². The summed E-state index contributed by atoms with van der Waals surface area (Å²) in [4.78, 5) is 4.41. The number of nitrogens with two attached hydrogens (primary N) is 1. The molecule has 1 aliphatic rings. The number of nitrogen functional groups attached to an aromatic ring is 1. The van der Waals surface area contributed by atoms with E-state index in [9.17, 15) is 0 Å². The molecule has 2 N–H and O–H groups in total. The van der Waals surface area contributed by atoms with Crippen molar-refractivity contribution in [3.8, 4) is 0 Å². The van der Waals surface area contributed by atoms with Gasteiger partial charge in [-0.25, -0.2) is 4.98 Å². The number of aromatic nitrogens is 2. The third-order valence-electron chi connectivity index (χ3n) is 3.34. The molecule has 0 radical (unpaired) electrons. The molecule has 0 amide bonds. The van der Waals surface area contributed by atoms with Gasteiger partial charge >= 0.3 is 0 Å². The molecule has 78 valence electrons. The van der Waals surface area contributed by atoms with Gasteiger partial charge in [0.1, 0.15) is 0 Å². The Morgan fingerprint density at radius 3 is 2.87 bits per heavy atom. The van der Waals surface area contributed by atoms with Gasteiger partial charge in [0.15, 0.2) is 0 Å². The van der Waals surface area contributed by atoms with Crippen LogP contribution in [0.5, 0.6) is 0 Å². The first-order valence-corrected chi connectivity index (χ1v) is 5.41. The first-order valence-electron chi connectivity index (χ1n) is 5.41. The maximum Gasteiger partial charge on any atom is 0.201 e. The molecular formula is C12H15N3. The van der Waals surface area contributed by atoms with Gasteiger partial charge in [-0.2, -0.15) is 0 Å². The summed E-state index contributed by atoms with van der Waals surface area (Å²) < 4.78 is 2.20. The summed E-state index contributed by atoms with van der Waals surface area (Å²) in [7, 11) is 0. The highest BCUT2D eigenvalue weighted by Gasteiger charge is 2.36. The number of fused-ring (bicyclic) bond motifs is 1. The first-order chi connectivity index (χ1) is 7.18. The standard InChI is InChI=1S/C12H15N3/c1-7-4-3-5-9-11(7)15(12(13)14-9)10-6-8(10)2/h3-5,8,10H,6H2,1-2H3,(H2,13,14). The van der Waals surface area contributed by atoms with Crippen LogP contribution in [0.25, 0.3) is 11.0 Å². The molecule has 3 heteroatoms. The second kappa shape index (κ2) is 2.75. The minimum absolute atomic E-state index is 0.566. The maximum atomic E-state index is 5.98. The van der Waals surface area contributed by atoms with E-state index in [2.05, 4.69) is 29.5 Å². The van der Waals surface area contributed by atoms with Gasteiger partial charge in [-0.15, -0.1) is 0 Å². The molecule has 0 spiro atoms. The largest absolute Gasteiger partial charge is 0.369 e. The molecule has 1 fully saturated rings. The fourth-order valence-electron chi connectivity index (χ4n) is 2.34. The highest BCUT2D eigenvalue weighted by molar-refractivity contribution is 5.81. The summed E-state index contributed by atoms with van der Waals surface area (Å²) >= 11 is 0. The number of imidazole rings is 1. The zero-order valence-corrected chi connectivity index (χ0v) is 9.07. The highest BCUT2D eigenvalue weighted by Crippen LogP contribution is 2.46. The van der Waals surface area contributed by atoms with Crippen molar-refractivity contribution in [1.29, 1.82) is 0 Å². The van der Waals surface area contributed by atoms with Gasteiger partial charge < -0.3 is 10.3 Å². The van der Waals surface area contributed by atoms with E-state index in [1.807, 2.05) is 12.1 Å². The maximum absolute atomic E-state index is 5.98. The second-order valence-electron chi connectivity index (χ2n) is 4.56. The summed E-state index contributed by atoms with van der Waals surface area (Å²) in [6.45, 7) is 4.38. The summed E-state index contributed by atoms with van der Waals surface area (Å²) in [5.41, 5.74) is 9.47. The zero-order chi connectivity index (χ0) is 10.6. The predicted molar refractivity (Wildman–Crippen MR) is 61.7 cm³/mol. The van der Waals surface area contributed by atoms with Gasteiger partial charge in [0.25, 0.3) is 0 Å². The second-order valence-corrected chi connectivity index (χ2v) is 4.56. The van der Waals surface area contributed by atoms with E-state index in [0.717, 1.165) is 11.4 Å². The number of benzene rings is 1. The molecule has 0 bridgehead atoms. The number of rotatable bonds is 1. The molecule has 1 aromatic heterocycles. The Morgan fingerprint density at radius 2 is 2.20 bits per heavy atom. The highest BCUT2D eigenvalue weighted by atomic mass is 15.2. The number of hydrogen-bond acceptors (Lipinski definition) is 2. The van der Waals surface area contributed by atoms with Crippen LogP contribution in [0.2, 0.25) is 0 Å². The Hall–Kier alpha value is -1.51. The van der Waals surface area contributed by atoms with Crippen molar-refractivity contribution in [3.63, 3.8) is 0 Å². The Morgan fingerprint density at radius 1 is 1.47 bits per heavy atom. The molecule has 1 aromatic carbocycles. The SMILES string of the molecule is Cc1cccc2nc(N)n(C3CC3C)c12. The first kappa shape index (κ1) is 8.77. The molecule has 2 unspecified atom stereocenters. The van der Waals surface area contributed by atoms with Crippen molar-refractivity contribution >= 4 is 17.0 Å². The van der Waals surface area contributed by atoms with Crippen LogP contribution >= 0.6 is 0 Å². The molecular weight excluding hydrogens is 186 g/mol. The van der Waals surface area contributed by atoms with E-state index in [1.54, 1.807) is 0 Å². The van der Waals surface area contributed by atoms with Crippen molar-refractivity contribution in [2.75, 3.05) is 5.73 Å². The lowest BCUT2D eigenvalue weighted by atomic mass is 10.2. The average molecular weight is 201 g/mol. The van der Waals surface area contributed by atoms with Gasteiger partial charge in [0.05, 0.1) is 11.0 Å². The Bertz CT molecular complexity index is 527. The van der Waals surface area contributed by atoms with Crippen LogP contribution in [0, 0.1) is 12.8 Å². The summed E-state index contributed by atoms with van der Waals surface area (Å²) in [5, 5.41) is 0. The molecule has 1 heterocycles. The van der Waals surface area contributed by atoms with E-state index in [-0.39, 0.29) is 0 Å².